The topological polar surface area (TPSA) is 80.7 Å². The summed E-state index contributed by atoms with van der Waals surface area (Å²) in [5.74, 6) is -1.52. The van der Waals surface area contributed by atoms with Gasteiger partial charge in [0.1, 0.15) is 0 Å². The van der Waals surface area contributed by atoms with Gasteiger partial charge in [0.05, 0.1) is 23.5 Å². The fraction of sp³-hybridized carbons (Fsp3) is 0.500. The maximum atomic E-state index is 11.1. The third-order valence-electron chi connectivity index (χ3n) is 2.22. The maximum Gasteiger partial charge on any atom is 1.00 e. The van der Waals surface area contributed by atoms with Crippen LogP contribution in [0.1, 0.15) is 12.8 Å². The van der Waals surface area contributed by atoms with E-state index in [2.05, 4.69) is 0 Å². The molecule has 1 N–H and O–H groups in total. The van der Waals surface area contributed by atoms with E-state index in [1.54, 1.807) is 0 Å². The van der Waals surface area contributed by atoms with Crippen molar-refractivity contribution in [2.24, 2.45) is 0 Å². The number of aliphatic carboxylic acids is 1. The first kappa shape index (κ1) is 13.7. The Labute approximate surface area is 133 Å². The van der Waals surface area contributed by atoms with E-state index in [1.165, 1.54) is 16.7 Å². The first-order chi connectivity index (χ1) is 6.65. The number of rotatable bonds is 3. The van der Waals surface area contributed by atoms with E-state index in [9.17, 15) is 14.7 Å². The van der Waals surface area contributed by atoms with E-state index in [-0.39, 0.29) is 81.4 Å². The van der Waals surface area contributed by atoms with E-state index in [0.717, 1.165) is 0 Å². The Morgan fingerprint density at radius 3 is 2.80 bits per heavy atom. The van der Waals surface area contributed by atoms with Crippen LogP contribution in [-0.4, -0.2) is 33.9 Å². The Kier molecular flexibility index (Phi) is 4.84. The van der Waals surface area contributed by atoms with Gasteiger partial charge in [-0.3, -0.25) is 9.69 Å². The molecule has 0 bridgehead atoms. The summed E-state index contributed by atoms with van der Waals surface area (Å²) in [4.78, 5) is 23.7. The van der Waals surface area contributed by atoms with Crippen LogP contribution in [0.15, 0.2) is 10.6 Å². The molecular formula is C8H8KNO4S. The SMILES string of the molecule is O=C([O-])C1=C(CCO)SC2CC(=O)N12.[K+]. The van der Waals surface area contributed by atoms with Gasteiger partial charge in [-0.25, -0.2) is 0 Å². The van der Waals surface area contributed by atoms with Gasteiger partial charge < -0.3 is 15.0 Å². The molecule has 2 aliphatic heterocycles. The number of hydrogen-bond donors (Lipinski definition) is 1. The van der Waals surface area contributed by atoms with Gasteiger partial charge in [0.15, 0.2) is 0 Å². The van der Waals surface area contributed by atoms with Crippen molar-refractivity contribution in [2.75, 3.05) is 6.61 Å². The normalized spacial score (nSPS) is 23.4. The zero-order valence-corrected chi connectivity index (χ0v) is 12.2. The zero-order valence-electron chi connectivity index (χ0n) is 8.23. The van der Waals surface area contributed by atoms with Crippen LogP contribution in [-0.2, 0) is 9.59 Å². The van der Waals surface area contributed by atoms with E-state index in [0.29, 0.717) is 11.3 Å². The minimum Gasteiger partial charge on any atom is -0.543 e. The number of carboxylic acids is 1. The zero-order chi connectivity index (χ0) is 10.3. The second-order valence-corrected chi connectivity index (χ2v) is 4.35. The molecule has 0 aromatic rings. The van der Waals surface area contributed by atoms with Gasteiger partial charge in [0, 0.05) is 17.9 Å². The van der Waals surface area contributed by atoms with Gasteiger partial charge in [-0.2, -0.15) is 0 Å². The number of thioether (sulfide) groups is 1. The van der Waals surface area contributed by atoms with Crippen molar-refractivity contribution in [3.63, 3.8) is 0 Å². The van der Waals surface area contributed by atoms with E-state index in [4.69, 9.17) is 5.11 Å². The van der Waals surface area contributed by atoms with Crippen LogP contribution in [0.5, 0.6) is 0 Å². The largest absolute Gasteiger partial charge is 1.00 e. The van der Waals surface area contributed by atoms with Crippen molar-refractivity contribution in [2.45, 2.75) is 18.2 Å². The standard InChI is InChI=1S/C8H9NO4S.K/c10-2-1-4-7(8(12)13)9-5(11)3-6(9)14-4;/h6,10H,1-3H2,(H,12,13);/q;+1/p-1. The average molecular weight is 253 g/mol. The molecule has 0 saturated carbocycles. The number of aliphatic hydroxyl groups excluding tert-OH is 1. The summed E-state index contributed by atoms with van der Waals surface area (Å²) in [6.07, 6.45) is 0.643. The van der Waals surface area contributed by atoms with Crippen LogP contribution in [0.25, 0.3) is 0 Å². The number of fused-ring (bicyclic) bond motifs is 1. The third kappa shape index (κ3) is 2.33. The molecule has 15 heavy (non-hydrogen) atoms. The van der Waals surface area contributed by atoms with Crippen molar-refractivity contribution in [3.05, 3.63) is 10.6 Å². The Morgan fingerprint density at radius 2 is 2.33 bits per heavy atom. The van der Waals surface area contributed by atoms with E-state index in [1.807, 2.05) is 0 Å². The first-order valence-corrected chi connectivity index (χ1v) is 5.07. The molecule has 76 valence electrons. The van der Waals surface area contributed by atoms with Crippen molar-refractivity contribution >= 4 is 23.6 Å². The van der Waals surface area contributed by atoms with Gasteiger partial charge in [-0.1, -0.05) is 0 Å². The summed E-state index contributed by atoms with van der Waals surface area (Å²) in [6.45, 7) is -0.117. The van der Waals surface area contributed by atoms with Gasteiger partial charge in [-0.05, 0) is 0 Å². The number of amides is 1. The van der Waals surface area contributed by atoms with Gasteiger partial charge in [-0.15, -0.1) is 11.8 Å². The Morgan fingerprint density at radius 1 is 1.67 bits per heavy atom. The molecule has 0 aliphatic carbocycles. The van der Waals surface area contributed by atoms with E-state index >= 15 is 0 Å². The van der Waals surface area contributed by atoms with Crippen LogP contribution in [0.3, 0.4) is 0 Å². The fourth-order valence-corrected chi connectivity index (χ4v) is 2.98. The summed E-state index contributed by atoms with van der Waals surface area (Å²) in [5.41, 5.74) is -0.0506. The number of aliphatic hydroxyl groups is 1. The summed E-state index contributed by atoms with van der Waals surface area (Å²) < 4.78 is 0. The molecule has 2 heterocycles. The van der Waals surface area contributed by atoms with Crippen LogP contribution >= 0.6 is 11.8 Å². The summed E-state index contributed by atoms with van der Waals surface area (Å²) in [7, 11) is 0. The number of β-lactam (4-membered cyclic amide) rings is 1. The van der Waals surface area contributed by atoms with Gasteiger partial charge in [0.2, 0.25) is 5.91 Å². The number of carbonyl (C=O) groups is 2. The number of nitrogens with zero attached hydrogens (tertiary/aromatic N) is 1. The number of carboxylic acid groups (broad SMARTS) is 1. The average Bonchev–Trinajstić information content (AvgIpc) is 2.39. The monoisotopic (exact) mass is 253 g/mol. The molecular weight excluding hydrogens is 245 g/mol. The molecule has 2 rings (SSSR count). The van der Waals surface area contributed by atoms with Crippen LogP contribution in [0, 0.1) is 0 Å². The molecule has 0 aromatic heterocycles. The molecule has 7 heteroatoms. The van der Waals surface area contributed by atoms with Crippen molar-refractivity contribution in [3.8, 4) is 0 Å². The fourth-order valence-electron chi connectivity index (χ4n) is 1.60. The maximum absolute atomic E-state index is 11.1. The Balaban J connectivity index is 0.00000112. The molecule has 0 aromatic carbocycles. The van der Waals surface area contributed by atoms with Crippen LogP contribution < -0.4 is 56.5 Å². The molecule has 1 saturated heterocycles. The minimum atomic E-state index is -1.34. The molecule has 0 radical (unpaired) electrons. The molecule has 1 fully saturated rings. The first-order valence-electron chi connectivity index (χ1n) is 4.19. The Bertz CT molecular complexity index is 344. The number of carbonyl (C=O) groups excluding carboxylic acids is 2. The molecule has 0 spiro atoms. The Hall–Kier alpha value is 0.626. The quantitative estimate of drug-likeness (QED) is 0.406. The van der Waals surface area contributed by atoms with Crippen molar-refractivity contribution in [1.82, 2.24) is 4.90 Å². The summed E-state index contributed by atoms with van der Waals surface area (Å²) >= 11 is 1.33. The smallest absolute Gasteiger partial charge is 0.543 e. The molecule has 1 atom stereocenters. The van der Waals surface area contributed by atoms with E-state index < -0.39 is 5.97 Å². The second-order valence-electron chi connectivity index (χ2n) is 3.07. The van der Waals surface area contributed by atoms with Crippen LogP contribution in [0.2, 0.25) is 0 Å². The van der Waals surface area contributed by atoms with Gasteiger partial charge >= 0.3 is 51.4 Å². The molecule has 5 nitrogen and oxygen atoms in total. The third-order valence-corrected chi connectivity index (χ3v) is 3.55. The van der Waals surface area contributed by atoms with Crippen LogP contribution in [0.4, 0.5) is 0 Å². The molecule has 2 aliphatic rings. The summed E-state index contributed by atoms with van der Waals surface area (Å²) in [6, 6.07) is 0. The minimum absolute atomic E-state index is 0. The molecule has 1 unspecified atom stereocenters. The second kappa shape index (κ2) is 5.30. The summed E-state index contributed by atoms with van der Waals surface area (Å²) in [5, 5.41) is 19.4. The van der Waals surface area contributed by atoms with Crippen molar-refractivity contribution < 1.29 is 71.2 Å². The van der Waals surface area contributed by atoms with Crippen molar-refractivity contribution in [1.29, 1.82) is 0 Å². The molecule has 1 amide bonds. The number of hydrogen-bond acceptors (Lipinski definition) is 5. The van der Waals surface area contributed by atoms with Gasteiger partial charge in [0.25, 0.3) is 0 Å². The predicted octanol–water partition coefficient (Wildman–Crippen LogP) is -4.36. The predicted molar refractivity (Wildman–Crippen MR) is 46.6 cm³/mol.